The van der Waals surface area contributed by atoms with Crippen molar-refractivity contribution in [1.82, 2.24) is 4.90 Å². The molecule has 0 amide bonds. The van der Waals surface area contributed by atoms with E-state index in [1.54, 1.807) is 6.92 Å². The summed E-state index contributed by atoms with van der Waals surface area (Å²) >= 11 is 0. The van der Waals surface area contributed by atoms with Crippen LogP contribution in [-0.4, -0.2) is 36.6 Å². The third-order valence-corrected chi connectivity index (χ3v) is 3.41. The molecule has 4 heteroatoms. The van der Waals surface area contributed by atoms with Gasteiger partial charge in [-0.2, -0.15) is 0 Å². The summed E-state index contributed by atoms with van der Waals surface area (Å²) in [5, 5.41) is 4.11. The Bertz CT molecular complexity index is 611. The molecule has 0 aliphatic carbocycles. The lowest BCUT2D eigenvalue weighted by molar-refractivity contribution is 0.112. The van der Waals surface area contributed by atoms with E-state index in [1.165, 1.54) is 0 Å². The summed E-state index contributed by atoms with van der Waals surface area (Å²) in [6.07, 6.45) is 6.79. The molecule has 1 atom stereocenters. The second-order valence-corrected chi connectivity index (χ2v) is 5.36. The van der Waals surface area contributed by atoms with Gasteiger partial charge in [0.25, 0.3) is 0 Å². The van der Waals surface area contributed by atoms with Gasteiger partial charge in [0.15, 0.2) is 6.10 Å². The highest BCUT2D eigenvalue weighted by molar-refractivity contribution is 6.00. The van der Waals surface area contributed by atoms with Crippen LogP contribution in [0.25, 0.3) is 0 Å². The van der Waals surface area contributed by atoms with Gasteiger partial charge in [0, 0.05) is 19.2 Å². The summed E-state index contributed by atoms with van der Waals surface area (Å²) in [6.45, 7) is 10.8. The fourth-order valence-corrected chi connectivity index (χ4v) is 1.81. The van der Waals surface area contributed by atoms with Crippen molar-refractivity contribution in [3.63, 3.8) is 0 Å². The molecular weight excluding hydrogens is 274 g/mol. The molecule has 0 bridgehead atoms. The summed E-state index contributed by atoms with van der Waals surface area (Å²) < 4.78 is 0. The average molecular weight is 299 g/mol. The van der Waals surface area contributed by atoms with Crippen LogP contribution in [0.5, 0.6) is 0 Å². The molecule has 118 valence electrons. The van der Waals surface area contributed by atoms with E-state index in [0.717, 1.165) is 34.6 Å². The lowest BCUT2D eigenvalue weighted by Crippen LogP contribution is -2.14. The molecule has 0 radical (unpaired) electrons. The van der Waals surface area contributed by atoms with Crippen LogP contribution < -0.4 is 0 Å². The Balaban J connectivity index is 3.04. The predicted molar refractivity (Wildman–Crippen MR) is 94.0 cm³/mol. The van der Waals surface area contributed by atoms with Crippen LogP contribution in [0.15, 0.2) is 22.3 Å². The maximum atomic E-state index is 5.28. The zero-order chi connectivity index (χ0) is 16.7. The molecular formula is C18H25N3O. The van der Waals surface area contributed by atoms with Crippen LogP contribution >= 0.6 is 0 Å². The molecule has 1 aromatic carbocycles. The van der Waals surface area contributed by atoms with Crippen LogP contribution in [-0.2, 0) is 4.84 Å². The molecule has 0 saturated heterocycles. The molecule has 1 rings (SSSR count). The number of hydrogen-bond donors (Lipinski definition) is 0. The minimum Gasteiger partial charge on any atom is -0.379 e. The number of aryl methyl sites for hydroxylation is 2. The first kappa shape index (κ1) is 17.8. The Morgan fingerprint density at radius 2 is 2.09 bits per heavy atom. The number of aliphatic imine (C=N–C) groups is 1. The van der Waals surface area contributed by atoms with E-state index in [4.69, 9.17) is 11.3 Å². The fourth-order valence-electron chi connectivity index (χ4n) is 1.81. The molecule has 0 aromatic heterocycles. The highest BCUT2D eigenvalue weighted by atomic mass is 16.6. The molecule has 0 saturated carbocycles. The summed E-state index contributed by atoms with van der Waals surface area (Å²) in [4.78, 5) is 11.8. The monoisotopic (exact) mass is 299 g/mol. The molecule has 0 N–H and O–H groups in total. The van der Waals surface area contributed by atoms with Crippen LogP contribution in [0.4, 0.5) is 5.69 Å². The van der Waals surface area contributed by atoms with Crippen LogP contribution in [0, 0.1) is 26.2 Å². The minimum atomic E-state index is -0.329. The molecule has 0 heterocycles. The SMILES string of the molecule is C#CC(C)O/N=C(\C)c1cc(C)c(N=CN(C)CC)cc1C. The zero-order valence-corrected chi connectivity index (χ0v) is 14.3. The van der Waals surface area contributed by atoms with Gasteiger partial charge in [0.2, 0.25) is 0 Å². The predicted octanol–water partition coefficient (Wildman–Crippen LogP) is 3.68. The van der Waals surface area contributed by atoms with Crippen molar-refractivity contribution in [3.8, 4) is 12.3 Å². The summed E-state index contributed by atoms with van der Waals surface area (Å²) in [5.74, 6) is 2.49. The summed E-state index contributed by atoms with van der Waals surface area (Å²) in [6, 6.07) is 4.14. The van der Waals surface area contributed by atoms with Gasteiger partial charge in [-0.15, -0.1) is 6.42 Å². The molecule has 22 heavy (non-hydrogen) atoms. The van der Waals surface area contributed by atoms with Crippen molar-refractivity contribution in [2.45, 2.75) is 40.7 Å². The molecule has 0 spiro atoms. The fraction of sp³-hybridized carbons (Fsp3) is 0.444. The number of benzene rings is 1. The summed E-state index contributed by atoms with van der Waals surface area (Å²) in [5.41, 5.74) is 5.02. The van der Waals surface area contributed by atoms with E-state index in [1.807, 2.05) is 39.1 Å². The number of hydrogen-bond acceptors (Lipinski definition) is 3. The molecule has 1 aromatic rings. The number of terminal acetylenes is 1. The largest absolute Gasteiger partial charge is 0.379 e. The highest BCUT2D eigenvalue weighted by Crippen LogP contribution is 2.23. The average Bonchev–Trinajstić information content (AvgIpc) is 2.51. The molecule has 1 unspecified atom stereocenters. The maximum Gasteiger partial charge on any atom is 0.184 e. The number of rotatable bonds is 6. The van der Waals surface area contributed by atoms with Gasteiger partial charge in [-0.1, -0.05) is 11.1 Å². The van der Waals surface area contributed by atoms with Gasteiger partial charge < -0.3 is 9.74 Å². The van der Waals surface area contributed by atoms with E-state index >= 15 is 0 Å². The van der Waals surface area contributed by atoms with Crippen molar-refractivity contribution in [2.24, 2.45) is 10.1 Å². The van der Waals surface area contributed by atoms with E-state index in [9.17, 15) is 0 Å². The normalized spacial score (nSPS) is 13.0. The Kier molecular flexibility index (Phi) is 6.65. The Morgan fingerprint density at radius 3 is 2.68 bits per heavy atom. The third-order valence-electron chi connectivity index (χ3n) is 3.41. The lowest BCUT2D eigenvalue weighted by Gasteiger charge is -2.12. The number of nitrogens with zero attached hydrogens (tertiary/aromatic N) is 3. The summed E-state index contributed by atoms with van der Waals surface area (Å²) in [7, 11) is 2.00. The quantitative estimate of drug-likeness (QED) is 0.348. The minimum absolute atomic E-state index is 0.329. The van der Waals surface area contributed by atoms with Crippen LogP contribution in [0.2, 0.25) is 0 Å². The van der Waals surface area contributed by atoms with Crippen molar-refractivity contribution < 1.29 is 4.84 Å². The first-order chi connectivity index (χ1) is 10.4. The van der Waals surface area contributed by atoms with E-state index in [2.05, 4.69) is 35.1 Å². The van der Waals surface area contributed by atoms with Gasteiger partial charge >= 0.3 is 0 Å². The van der Waals surface area contributed by atoms with Gasteiger partial charge in [-0.3, -0.25) is 0 Å². The first-order valence-corrected chi connectivity index (χ1v) is 7.41. The maximum absolute atomic E-state index is 5.28. The second kappa shape index (κ2) is 8.23. The van der Waals surface area contributed by atoms with Gasteiger partial charge in [0.05, 0.1) is 17.7 Å². The van der Waals surface area contributed by atoms with Gasteiger partial charge in [-0.25, -0.2) is 4.99 Å². The van der Waals surface area contributed by atoms with E-state index in [0.29, 0.717) is 0 Å². The molecule has 0 aliphatic rings. The van der Waals surface area contributed by atoms with Gasteiger partial charge in [0.1, 0.15) is 0 Å². The van der Waals surface area contributed by atoms with Crippen molar-refractivity contribution in [3.05, 3.63) is 28.8 Å². The topological polar surface area (TPSA) is 37.2 Å². The first-order valence-electron chi connectivity index (χ1n) is 7.41. The third kappa shape index (κ3) is 4.92. The smallest absolute Gasteiger partial charge is 0.184 e. The van der Waals surface area contributed by atoms with E-state index in [-0.39, 0.29) is 6.10 Å². The Hall–Kier alpha value is -2.28. The Morgan fingerprint density at radius 1 is 1.41 bits per heavy atom. The zero-order valence-electron chi connectivity index (χ0n) is 14.3. The molecule has 4 nitrogen and oxygen atoms in total. The van der Waals surface area contributed by atoms with Crippen molar-refractivity contribution in [2.75, 3.05) is 13.6 Å². The molecule has 0 fully saturated rings. The van der Waals surface area contributed by atoms with Crippen LogP contribution in [0.1, 0.15) is 37.5 Å². The van der Waals surface area contributed by atoms with Gasteiger partial charge in [-0.05, 0) is 57.9 Å². The highest BCUT2D eigenvalue weighted by Gasteiger charge is 2.08. The molecule has 0 aliphatic heterocycles. The Labute approximate surface area is 133 Å². The standard InChI is InChI=1S/C18H25N3O/c1-8-15(5)22-20-16(6)17-10-14(4)18(11-13(17)3)19-12-21(7)9-2/h1,10-12,15H,9H2,2-7H3/b19-12?,20-16+. The van der Waals surface area contributed by atoms with Crippen LogP contribution in [0.3, 0.4) is 0 Å². The van der Waals surface area contributed by atoms with Crippen molar-refractivity contribution in [1.29, 1.82) is 0 Å². The lowest BCUT2D eigenvalue weighted by atomic mass is 10.0. The second-order valence-electron chi connectivity index (χ2n) is 5.36. The number of oxime groups is 1. The van der Waals surface area contributed by atoms with Crippen molar-refractivity contribution >= 4 is 17.7 Å². The van der Waals surface area contributed by atoms with E-state index < -0.39 is 0 Å².